The average molecular weight is 564 g/mol. The maximum absolute atomic E-state index is 12.9. The SMILES string of the molecule is CCCCOC(=O)n1cnnc1SCC1=C(C(=O)O)N2C(=O)C(NC(=O)C(O)c3ccc(O)cc3)[C@@H]2SC1. The molecule has 13 nitrogen and oxygen atoms in total. The van der Waals surface area contributed by atoms with E-state index in [2.05, 4.69) is 15.5 Å². The lowest BCUT2D eigenvalue weighted by molar-refractivity contribution is -0.151. The lowest BCUT2D eigenvalue weighted by atomic mass is 10.0. The van der Waals surface area contributed by atoms with Gasteiger partial charge in [0.2, 0.25) is 5.16 Å². The van der Waals surface area contributed by atoms with Crippen LogP contribution in [0, 0.1) is 0 Å². The maximum atomic E-state index is 12.9. The van der Waals surface area contributed by atoms with Gasteiger partial charge < -0.3 is 25.4 Å². The number of amides is 2. The first-order chi connectivity index (χ1) is 18.2. The number of unbranched alkanes of at least 4 members (excludes halogenated alkanes) is 1. The summed E-state index contributed by atoms with van der Waals surface area (Å²) < 4.78 is 6.31. The second-order valence-electron chi connectivity index (χ2n) is 8.39. The predicted molar refractivity (Wildman–Crippen MR) is 135 cm³/mol. The monoisotopic (exact) mass is 563 g/mol. The van der Waals surface area contributed by atoms with Crippen LogP contribution in [-0.2, 0) is 19.1 Å². The first-order valence-corrected chi connectivity index (χ1v) is 13.6. The maximum Gasteiger partial charge on any atom is 0.421 e. The van der Waals surface area contributed by atoms with E-state index < -0.39 is 41.4 Å². The van der Waals surface area contributed by atoms with E-state index in [1.54, 1.807) is 0 Å². The molecule has 0 spiro atoms. The highest BCUT2D eigenvalue weighted by Gasteiger charge is 2.54. The molecule has 4 rings (SSSR count). The topological polar surface area (TPSA) is 184 Å². The molecule has 2 amide bonds. The predicted octanol–water partition coefficient (Wildman–Crippen LogP) is 1.33. The van der Waals surface area contributed by atoms with Gasteiger partial charge in [-0.05, 0) is 29.7 Å². The molecule has 2 aliphatic rings. The number of carboxylic acids is 1. The second kappa shape index (κ2) is 11.9. The van der Waals surface area contributed by atoms with Gasteiger partial charge in [0.15, 0.2) is 6.10 Å². The van der Waals surface area contributed by atoms with Crippen molar-refractivity contribution in [2.75, 3.05) is 18.1 Å². The van der Waals surface area contributed by atoms with Crippen LogP contribution < -0.4 is 5.32 Å². The van der Waals surface area contributed by atoms with Gasteiger partial charge in [0.05, 0.1) is 6.61 Å². The Kier molecular flexibility index (Phi) is 8.58. The minimum atomic E-state index is -1.57. The minimum absolute atomic E-state index is 0.0288. The molecule has 15 heteroatoms. The Morgan fingerprint density at radius 2 is 2.03 bits per heavy atom. The lowest BCUT2D eigenvalue weighted by Crippen LogP contribution is -2.70. The zero-order valence-electron chi connectivity index (χ0n) is 20.1. The molecular formula is C23H25N5O8S2. The number of nitrogens with zero attached hydrogens (tertiary/aromatic N) is 4. The van der Waals surface area contributed by atoms with Crippen LogP contribution in [0.3, 0.4) is 0 Å². The summed E-state index contributed by atoms with van der Waals surface area (Å²) in [6.45, 7) is 2.22. The number of β-lactam (4-membered cyclic amide) rings is 1. The van der Waals surface area contributed by atoms with Gasteiger partial charge in [0.1, 0.15) is 29.2 Å². The van der Waals surface area contributed by atoms with Crippen LogP contribution in [0.5, 0.6) is 5.75 Å². The number of nitrogens with one attached hydrogen (secondary N) is 1. The molecule has 4 N–H and O–H groups in total. The van der Waals surface area contributed by atoms with Crippen molar-refractivity contribution >= 4 is 47.4 Å². The molecule has 38 heavy (non-hydrogen) atoms. The van der Waals surface area contributed by atoms with Crippen molar-refractivity contribution in [1.29, 1.82) is 0 Å². The fourth-order valence-electron chi connectivity index (χ4n) is 3.81. The summed E-state index contributed by atoms with van der Waals surface area (Å²) in [7, 11) is 0. The number of ether oxygens (including phenoxy) is 1. The number of carboxylic acid groups (broad SMARTS) is 1. The Hall–Kier alpha value is -3.56. The van der Waals surface area contributed by atoms with Crippen molar-refractivity contribution < 1.29 is 39.2 Å². The third-order valence-corrected chi connectivity index (χ3v) is 8.19. The molecular weight excluding hydrogens is 538 g/mol. The van der Waals surface area contributed by atoms with Gasteiger partial charge in [-0.1, -0.05) is 37.2 Å². The van der Waals surface area contributed by atoms with Crippen molar-refractivity contribution in [3.8, 4) is 5.75 Å². The number of phenolic OH excluding ortho intramolecular Hbond substituents is 1. The highest BCUT2D eigenvalue weighted by atomic mass is 32.2. The summed E-state index contributed by atoms with van der Waals surface area (Å²) >= 11 is 2.36. The van der Waals surface area contributed by atoms with Gasteiger partial charge in [-0.25, -0.2) is 14.2 Å². The van der Waals surface area contributed by atoms with Gasteiger partial charge >= 0.3 is 12.1 Å². The van der Waals surface area contributed by atoms with E-state index >= 15 is 0 Å². The van der Waals surface area contributed by atoms with E-state index in [0.29, 0.717) is 12.0 Å². The van der Waals surface area contributed by atoms with Crippen molar-refractivity contribution in [1.82, 2.24) is 25.0 Å². The molecule has 0 radical (unpaired) electrons. The Balaban J connectivity index is 1.42. The molecule has 1 aromatic carbocycles. The van der Waals surface area contributed by atoms with Crippen LogP contribution in [0.2, 0.25) is 0 Å². The van der Waals surface area contributed by atoms with E-state index in [-0.39, 0.29) is 40.3 Å². The van der Waals surface area contributed by atoms with E-state index in [1.165, 1.54) is 42.4 Å². The van der Waals surface area contributed by atoms with Gasteiger partial charge in [0.25, 0.3) is 11.8 Å². The van der Waals surface area contributed by atoms with Gasteiger partial charge in [-0.3, -0.25) is 14.5 Å². The number of hydrogen-bond donors (Lipinski definition) is 4. The van der Waals surface area contributed by atoms with Gasteiger partial charge in [-0.2, -0.15) is 0 Å². The molecule has 0 aliphatic carbocycles. The summed E-state index contributed by atoms with van der Waals surface area (Å²) in [5.41, 5.74) is 0.486. The molecule has 1 aromatic heterocycles. The highest BCUT2D eigenvalue weighted by molar-refractivity contribution is 8.01. The lowest BCUT2D eigenvalue weighted by Gasteiger charge is -2.49. The van der Waals surface area contributed by atoms with Gasteiger partial charge in [-0.15, -0.1) is 22.0 Å². The average Bonchev–Trinajstić information content (AvgIpc) is 3.38. The second-order valence-corrected chi connectivity index (χ2v) is 10.4. The summed E-state index contributed by atoms with van der Waals surface area (Å²) in [6, 6.07) is 4.39. The fourth-order valence-corrected chi connectivity index (χ4v) is 6.19. The zero-order valence-corrected chi connectivity index (χ0v) is 21.8. The largest absolute Gasteiger partial charge is 0.508 e. The number of rotatable bonds is 10. The third kappa shape index (κ3) is 5.63. The molecule has 202 valence electrons. The number of aliphatic carboxylic acids is 1. The summed E-state index contributed by atoms with van der Waals surface area (Å²) in [5.74, 6) is -2.38. The number of phenols is 1. The molecule has 0 saturated carbocycles. The number of fused-ring (bicyclic) bond motifs is 1. The van der Waals surface area contributed by atoms with Crippen LogP contribution in [0.1, 0.15) is 31.4 Å². The standard InChI is InChI=1S/C23H25N5O8S2/c1-2-3-8-36-23(35)27-11-24-26-22(27)38-10-13-9-37-20-15(19(32)28(20)16(13)21(33)34)25-18(31)17(30)12-4-6-14(29)7-5-12/h4-7,11,15,17,20,29-30H,2-3,8-10H2,1H3,(H,25,31)(H,33,34)/t15?,17?,20-/m0/s1. The number of hydrogen-bond acceptors (Lipinski definition) is 11. The number of carbonyl (C=O) groups is 4. The minimum Gasteiger partial charge on any atom is -0.508 e. The molecule has 0 bridgehead atoms. The van der Waals surface area contributed by atoms with Crippen LogP contribution in [0.15, 0.2) is 47.0 Å². The number of aliphatic hydroxyl groups is 1. The molecule has 2 unspecified atom stereocenters. The van der Waals surface area contributed by atoms with Crippen molar-refractivity contribution in [3.05, 3.63) is 47.4 Å². The number of aromatic hydroxyl groups is 1. The normalized spacial score (nSPS) is 19.4. The summed E-state index contributed by atoms with van der Waals surface area (Å²) in [6.07, 6.45) is 0.583. The first kappa shape index (κ1) is 27.5. The van der Waals surface area contributed by atoms with Crippen molar-refractivity contribution in [2.24, 2.45) is 0 Å². The molecule has 3 atom stereocenters. The fraction of sp³-hybridized carbons (Fsp3) is 0.391. The third-order valence-electron chi connectivity index (χ3n) is 5.82. The van der Waals surface area contributed by atoms with Gasteiger partial charge in [0, 0.05) is 11.5 Å². The molecule has 2 aromatic rings. The quantitative estimate of drug-likeness (QED) is 0.185. The number of aliphatic hydroxyl groups excluding tert-OH is 1. The zero-order chi connectivity index (χ0) is 27.4. The molecule has 1 fully saturated rings. The Labute approximate surface area is 225 Å². The first-order valence-electron chi connectivity index (χ1n) is 11.6. The van der Waals surface area contributed by atoms with Crippen LogP contribution in [-0.4, -0.2) is 88.4 Å². The van der Waals surface area contributed by atoms with Crippen molar-refractivity contribution in [2.45, 2.75) is 42.4 Å². The number of aromatic nitrogens is 3. The molecule has 3 heterocycles. The summed E-state index contributed by atoms with van der Waals surface area (Å²) in [4.78, 5) is 50.9. The van der Waals surface area contributed by atoms with Crippen LogP contribution >= 0.6 is 23.5 Å². The molecule has 2 aliphatic heterocycles. The van der Waals surface area contributed by atoms with Crippen LogP contribution in [0.4, 0.5) is 4.79 Å². The van der Waals surface area contributed by atoms with Crippen LogP contribution in [0.25, 0.3) is 0 Å². The highest BCUT2D eigenvalue weighted by Crippen LogP contribution is 2.41. The molecule has 1 saturated heterocycles. The number of thioether (sulfide) groups is 2. The van der Waals surface area contributed by atoms with E-state index in [1.807, 2.05) is 6.92 Å². The summed E-state index contributed by atoms with van der Waals surface area (Å²) in [5, 5.41) is 39.3. The Morgan fingerprint density at radius 3 is 2.71 bits per heavy atom. The van der Waals surface area contributed by atoms with E-state index in [0.717, 1.165) is 27.6 Å². The van der Waals surface area contributed by atoms with E-state index in [4.69, 9.17) is 4.74 Å². The number of carbonyl (C=O) groups excluding carboxylic acids is 3. The van der Waals surface area contributed by atoms with Crippen molar-refractivity contribution in [3.63, 3.8) is 0 Å². The number of benzene rings is 1. The van der Waals surface area contributed by atoms with E-state index in [9.17, 15) is 34.5 Å². The Morgan fingerprint density at radius 1 is 1.29 bits per heavy atom. The Bertz CT molecular complexity index is 1260. The smallest absolute Gasteiger partial charge is 0.421 e.